The van der Waals surface area contributed by atoms with Gasteiger partial charge in [-0.2, -0.15) is 0 Å². The van der Waals surface area contributed by atoms with Crippen LogP contribution in [-0.4, -0.2) is 31.8 Å². The molecular weight excluding hydrogens is 468 g/mol. The van der Waals surface area contributed by atoms with Crippen LogP contribution in [0.2, 0.25) is 0 Å². The molecule has 37 heavy (non-hydrogen) atoms. The Kier molecular flexibility index (Phi) is 7.20. The first kappa shape index (κ1) is 25.8. The van der Waals surface area contributed by atoms with Gasteiger partial charge in [-0.25, -0.2) is 4.98 Å². The summed E-state index contributed by atoms with van der Waals surface area (Å²) in [5.74, 6) is 0.166. The average molecular weight is 499 g/mol. The first-order valence-corrected chi connectivity index (χ1v) is 12.2. The Hall–Kier alpha value is -4.33. The summed E-state index contributed by atoms with van der Waals surface area (Å²) in [5.41, 5.74) is 2.56. The number of fused-ring (bicyclic) bond motifs is 1. The number of nitro benzene ring substituents is 1. The highest BCUT2D eigenvalue weighted by molar-refractivity contribution is 5.95. The van der Waals surface area contributed by atoms with Gasteiger partial charge in [0.1, 0.15) is 5.82 Å². The SMILES string of the molecule is Cc1cccc(-n2c(C(C)N(CC(C)C)C(=O)c3ccc(C)c([N+](=O)[O-])c3)nc3ccccc3c2=O)c1. The zero-order chi connectivity index (χ0) is 26.9. The third-order valence-electron chi connectivity index (χ3n) is 6.38. The van der Waals surface area contributed by atoms with Crippen molar-refractivity contribution in [3.8, 4) is 5.69 Å². The van der Waals surface area contributed by atoms with Gasteiger partial charge in [0.05, 0.1) is 27.6 Å². The minimum absolute atomic E-state index is 0.103. The van der Waals surface area contributed by atoms with Gasteiger partial charge in [0.25, 0.3) is 17.2 Å². The Labute approximate surface area is 215 Å². The van der Waals surface area contributed by atoms with Gasteiger partial charge in [-0.15, -0.1) is 0 Å². The summed E-state index contributed by atoms with van der Waals surface area (Å²) in [6.45, 7) is 9.79. The lowest BCUT2D eigenvalue weighted by atomic mass is 10.1. The monoisotopic (exact) mass is 498 g/mol. The van der Waals surface area contributed by atoms with Gasteiger partial charge in [-0.1, -0.05) is 44.2 Å². The molecule has 190 valence electrons. The highest BCUT2D eigenvalue weighted by Crippen LogP contribution is 2.27. The quantitative estimate of drug-likeness (QED) is 0.238. The Bertz CT molecular complexity index is 1560. The lowest BCUT2D eigenvalue weighted by Gasteiger charge is -2.32. The number of hydrogen-bond donors (Lipinski definition) is 0. The Morgan fingerprint density at radius 2 is 1.76 bits per heavy atom. The van der Waals surface area contributed by atoms with E-state index in [1.165, 1.54) is 6.07 Å². The van der Waals surface area contributed by atoms with E-state index >= 15 is 0 Å². The smallest absolute Gasteiger partial charge is 0.273 e. The van der Waals surface area contributed by atoms with Crippen molar-refractivity contribution in [1.82, 2.24) is 14.5 Å². The van der Waals surface area contributed by atoms with Gasteiger partial charge in [0, 0.05) is 23.7 Å². The lowest BCUT2D eigenvalue weighted by molar-refractivity contribution is -0.385. The topological polar surface area (TPSA) is 98.3 Å². The fourth-order valence-corrected chi connectivity index (χ4v) is 4.50. The third-order valence-corrected chi connectivity index (χ3v) is 6.38. The number of para-hydroxylation sites is 1. The summed E-state index contributed by atoms with van der Waals surface area (Å²) < 4.78 is 1.57. The number of rotatable bonds is 7. The number of carbonyl (C=O) groups excluding carboxylic acids is 1. The fraction of sp³-hybridized carbons (Fsp3) is 0.276. The molecule has 1 amide bonds. The van der Waals surface area contributed by atoms with E-state index in [9.17, 15) is 19.7 Å². The summed E-state index contributed by atoms with van der Waals surface area (Å²) >= 11 is 0. The zero-order valence-corrected chi connectivity index (χ0v) is 21.6. The first-order chi connectivity index (χ1) is 17.6. The molecule has 0 fully saturated rings. The number of aryl methyl sites for hydroxylation is 2. The van der Waals surface area contributed by atoms with Gasteiger partial charge >= 0.3 is 0 Å². The molecule has 1 unspecified atom stereocenters. The number of hydrogen-bond acceptors (Lipinski definition) is 5. The van der Waals surface area contributed by atoms with Crippen molar-refractivity contribution in [2.75, 3.05) is 6.54 Å². The summed E-state index contributed by atoms with van der Waals surface area (Å²) in [4.78, 5) is 45.1. The molecule has 8 nitrogen and oxygen atoms in total. The van der Waals surface area contributed by atoms with Crippen molar-refractivity contribution < 1.29 is 9.72 Å². The molecule has 0 N–H and O–H groups in total. The highest BCUT2D eigenvalue weighted by atomic mass is 16.6. The largest absolute Gasteiger partial charge is 0.328 e. The lowest BCUT2D eigenvalue weighted by Crippen LogP contribution is -2.39. The number of amides is 1. The van der Waals surface area contributed by atoms with E-state index in [1.807, 2.05) is 58.0 Å². The predicted octanol–water partition coefficient (Wildman–Crippen LogP) is 5.77. The van der Waals surface area contributed by atoms with Crippen LogP contribution < -0.4 is 5.56 Å². The minimum atomic E-state index is -0.604. The van der Waals surface area contributed by atoms with Crippen molar-refractivity contribution >= 4 is 22.5 Å². The normalized spacial score (nSPS) is 12.1. The van der Waals surface area contributed by atoms with E-state index in [0.29, 0.717) is 34.5 Å². The number of nitro groups is 1. The fourth-order valence-electron chi connectivity index (χ4n) is 4.50. The minimum Gasteiger partial charge on any atom is -0.328 e. The number of benzene rings is 3. The molecule has 0 spiro atoms. The van der Waals surface area contributed by atoms with Gasteiger partial charge in [-0.3, -0.25) is 24.3 Å². The van der Waals surface area contributed by atoms with Crippen molar-refractivity contribution in [2.45, 2.75) is 40.7 Å². The Balaban J connectivity index is 1.92. The van der Waals surface area contributed by atoms with Crippen molar-refractivity contribution in [1.29, 1.82) is 0 Å². The van der Waals surface area contributed by atoms with E-state index in [4.69, 9.17) is 4.98 Å². The molecule has 0 aliphatic rings. The third kappa shape index (κ3) is 5.14. The highest BCUT2D eigenvalue weighted by Gasteiger charge is 2.29. The van der Waals surface area contributed by atoms with Crippen LogP contribution in [0.4, 0.5) is 5.69 Å². The molecule has 0 aliphatic heterocycles. The molecule has 0 aliphatic carbocycles. The second-order valence-electron chi connectivity index (χ2n) is 9.75. The molecule has 0 bridgehead atoms. The van der Waals surface area contributed by atoms with Crippen LogP contribution in [0.3, 0.4) is 0 Å². The molecule has 1 heterocycles. The zero-order valence-electron chi connectivity index (χ0n) is 21.6. The summed E-state index contributed by atoms with van der Waals surface area (Å²) in [5, 5.41) is 12.0. The predicted molar refractivity (Wildman–Crippen MR) is 144 cm³/mol. The van der Waals surface area contributed by atoms with Crippen LogP contribution in [0.15, 0.2) is 71.5 Å². The molecule has 0 radical (unpaired) electrons. The van der Waals surface area contributed by atoms with Crippen LogP contribution in [0.1, 0.15) is 54.1 Å². The van der Waals surface area contributed by atoms with Crippen LogP contribution in [0, 0.1) is 29.9 Å². The van der Waals surface area contributed by atoms with Gasteiger partial charge in [-0.05, 0) is 62.6 Å². The molecule has 1 atom stereocenters. The molecule has 1 aromatic heterocycles. The average Bonchev–Trinajstić information content (AvgIpc) is 2.86. The molecule has 0 saturated carbocycles. The van der Waals surface area contributed by atoms with E-state index in [-0.39, 0.29) is 28.6 Å². The molecule has 4 aromatic rings. The van der Waals surface area contributed by atoms with Gasteiger partial charge < -0.3 is 4.90 Å². The van der Waals surface area contributed by atoms with Crippen LogP contribution in [0.25, 0.3) is 16.6 Å². The summed E-state index contributed by atoms with van der Waals surface area (Å²) in [7, 11) is 0. The van der Waals surface area contributed by atoms with E-state index in [2.05, 4.69) is 0 Å². The van der Waals surface area contributed by atoms with Crippen molar-refractivity contribution in [3.63, 3.8) is 0 Å². The maximum atomic E-state index is 13.8. The molecule has 4 rings (SSSR count). The van der Waals surface area contributed by atoms with Crippen LogP contribution in [0.5, 0.6) is 0 Å². The maximum absolute atomic E-state index is 13.8. The second kappa shape index (κ2) is 10.3. The second-order valence-corrected chi connectivity index (χ2v) is 9.75. The standard InChI is InChI=1S/C29H30N4O4/c1-18(2)17-31(28(34)22-14-13-20(4)26(16-22)33(36)37)21(5)27-30-25-12-7-6-11-24(25)29(35)32(27)23-10-8-9-19(3)15-23/h6-16,18,21H,17H2,1-5H3. The summed E-state index contributed by atoms with van der Waals surface area (Å²) in [6.07, 6.45) is 0. The van der Waals surface area contributed by atoms with Crippen LogP contribution in [-0.2, 0) is 0 Å². The van der Waals surface area contributed by atoms with Crippen molar-refractivity contribution in [3.05, 3.63) is 110 Å². The van der Waals surface area contributed by atoms with E-state index in [0.717, 1.165) is 5.56 Å². The molecular formula is C29H30N4O4. The maximum Gasteiger partial charge on any atom is 0.273 e. The Morgan fingerprint density at radius 3 is 2.43 bits per heavy atom. The van der Waals surface area contributed by atoms with Crippen LogP contribution >= 0.6 is 0 Å². The molecule has 3 aromatic carbocycles. The Morgan fingerprint density at radius 1 is 1.03 bits per heavy atom. The summed E-state index contributed by atoms with van der Waals surface area (Å²) in [6, 6.07) is 18.6. The van der Waals surface area contributed by atoms with E-state index in [1.54, 1.807) is 46.7 Å². The number of nitrogens with zero attached hydrogens (tertiary/aromatic N) is 4. The van der Waals surface area contributed by atoms with E-state index < -0.39 is 11.0 Å². The number of carbonyl (C=O) groups is 1. The molecule has 8 heteroatoms. The first-order valence-electron chi connectivity index (χ1n) is 12.2. The van der Waals surface area contributed by atoms with Gasteiger partial charge in [0.2, 0.25) is 0 Å². The molecule has 0 saturated heterocycles. The van der Waals surface area contributed by atoms with Gasteiger partial charge in [0.15, 0.2) is 0 Å². The number of aromatic nitrogens is 2. The van der Waals surface area contributed by atoms with Crippen molar-refractivity contribution in [2.24, 2.45) is 5.92 Å².